The van der Waals surface area contributed by atoms with Gasteiger partial charge in [-0.2, -0.15) is 5.26 Å². The lowest BCUT2D eigenvalue weighted by Gasteiger charge is -2.07. The van der Waals surface area contributed by atoms with E-state index in [1.54, 1.807) is 0 Å². The van der Waals surface area contributed by atoms with Crippen molar-refractivity contribution in [2.45, 2.75) is 19.3 Å². The molecule has 16 heavy (non-hydrogen) atoms. The lowest BCUT2D eigenvalue weighted by atomic mass is 10.1. The third kappa shape index (κ3) is 2.98. The third-order valence-corrected chi connectivity index (χ3v) is 3.31. The van der Waals surface area contributed by atoms with Crippen LogP contribution in [0.3, 0.4) is 0 Å². The van der Waals surface area contributed by atoms with Crippen molar-refractivity contribution in [1.82, 2.24) is 5.32 Å². The van der Waals surface area contributed by atoms with Crippen molar-refractivity contribution >= 4 is 11.6 Å². The predicted molar refractivity (Wildman–Crippen MR) is 65.3 cm³/mol. The Morgan fingerprint density at radius 3 is 2.56 bits per heavy atom. The standard InChI is InChI=1S/C13H15ClN2/c14-12-3-1-11(2-4-12)5-8-16-10-13(9-15)6-7-13/h1-4,16H,5-8,10H2. The molecule has 1 saturated carbocycles. The monoisotopic (exact) mass is 234 g/mol. The van der Waals surface area contributed by atoms with Gasteiger partial charge in [0.15, 0.2) is 0 Å². The Morgan fingerprint density at radius 2 is 2.00 bits per heavy atom. The second-order valence-electron chi connectivity index (χ2n) is 4.45. The largest absolute Gasteiger partial charge is 0.315 e. The Labute approximate surface area is 101 Å². The zero-order valence-electron chi connectivity index (χ0n) is 9.17. The zero-order chi connectivity index (χ0) is 11.4. The molecule has 0 heterocycles. The molecule has 2 nitrogen and oxygen atoms in total. The molecule has 0 unspecified atom stereocenters. The van der Waals surface area contributed by atoms with Crippen molar-refractivity contribution in [3.63, 3.8) is 0 Å². The molecule has 84 valence electrons. The van der Waals surface area contributed by atoms with Gasteiger partial charge in [-0.1, -0.05) is 23.7 Å². The molecule has 0 bridgehead atoms. The minimum absolute atomic E-state index is 0.0417. The van der Waals surface area contributed by atoms with E-state index in [0.29, 0.717) is 0 Å². The van der Waals surface area contributed by atoms with E-state index >= 15 is 0 Å². The van der Waals surface area contributed by atoms with Gasteiger partial charge in [0.25, 0.3) is 0 Å². The molecular weight excluding hydrogens is 220 g/mol. The van der Waals surface area contributed by atoms with Crippen molar-refractivity contribution in [3.8, 4) is 6.07 Å². The molecule has 0 atom stereocenters. The van der Waals surface area contributed by atoms with Crippen molar-refractivity contribution in [1.29, 1.82) is 5.26 Å². The first-order valence-corrected chi connectivity index (χ1v) is 5.98. The van der Waals surface area contributed by atoms with Gasteiger partial charge in [0.05, 0.1) is 11.5 Å². The normalized spacial score (nSPS) is 16.8. The van der Waals surface area contributed by atoms with Gasteiger partial charge in [-0.3, -0.25) is 0 Å². The highest BCUT2D eigenvalue weighted by molar-refractivity contribution is 6.30. The van der Waals surface area contributed by atoms with Crippen molar-refractivity contribution in [3.05, 3.63) is 34.9 Å². The molecule has 0 radical (unpaired) electrons. The fourth-order valence-electron chi connectivity index (χ4n) is 1.69. The number of rotatable bonds is 5. The van der Waals surface area contributed by atoms with Gasteiger partial charge in [0.2, 0.25) is 0 Å². The molecule has 2 rings (SSSR count). The van der Waals surface area contributed by atoms with E-state index in [1.165, 1.54) is 5.56 Å². The van der Waals surface area contributed by atoms with Gasteiger partial charge >= 0.3 is 0 Å². The van der Waals surface area contributed by atoms with Crippen LogP contribution in [0, 0.1) is 16.7 Å². The number of nitrogens with one attached hydrogen (secondary N) is 1. The van der Waals surface area contributed by atoms with Gasteiger partial charge in [-0.05, 0) is 43.5 Å². The molecule has 1 N–H and O–H groups in total. The molecule has 0 aromatic heterocycles. The van der Waals surface area contributed by atoms with Crippen LogP contribution in [0.5, 0.6) is 0 Å². The summed E-state index contributed by atoms with van der Waals surface area (Å²) in [5, 5.41) is 13.0. The lowest BCUT2D eigenvalue weighted by molar-refractivity contribution is 0.560. The van der Waals surface area contributed by atoms with E-state index in [0.717, 1.165) is 37.4 Å². The van der Waals surface area contributed by atoms with Crippen molar-refractivity contribution in [2.24, 2.45) is 5.41 Å². The lowest BCUT2D eigenvalue weighted by Crippen LogP contribution is -2.25. The van der Waals surface area contributed by atoms with Crippen LogP contribution in [0.25, 0.3) is 0 Å². The molecule has 1 aliphatic carbocycles. The van der Waals surface area contributed by atoms with Crippen molar-refractivity contribution < 1.29 is 0 Å². The van der Waals surface area contributed by atoms with Gasteiger partial charge in [-0.25, -0.2) is 0 Å². The van der Waals surface area contributed by atoms with Crippen LogP contribution in [0.2, 0.25) is 5.02 Å². The molecule has 1 aromatic carbocycles. The smallest absolute Gasteiger partial charge is 0.0703 e. The maximum absolute atomic E-state index is 8.90. The van der Waals surface area contributed by atoms with E-state index in [2.05, 4.69) is 11.4 Å². The Morgan fingerprint density at radius 1 is 1.31 bits per heavy atom. The van der Waals surface area contributed by atoms with E-state index < -0.39 is 0 Å². The summed E-state index contributed by atoms with van der Waals surface area (Å²) in [4.78, 5) is 0. The maximum atomic E-state index is 8.90. The van der Waals surface area contributed by atoms with Crippen LogP contribution in [0.15, 0.2) is 24.3 Å². The molecule has 3 heteroatoms. The van der Waals surface area contributed by atoms with Crippen LogP contribution < -0.4 is 5.32 Å². The topological polar surface area (TPSA) is 35.8 Å². The van der Waals surface area contributed by atoms with Crippen LogP contribution >= 0.6 is 11.6 Å². The number of nitriles is 1. The summed E-state index contributed by atoms with van der Waals surface area (Å²) < 4.78 is 0. The van der Waals surface area contributed by atoms with Crippen LogP contribution in [-0.4, -0.2) is 13.1 Å². The number of hydrogen-bond donors (Lipinski definition) is 1. The summed E-state index contributed by atoms with van der Waals surface area (Å²) in [6.07, 6.45) is 3.09. The summed E-state index contributed by atoms with van der Waals surface area (Å²) in [6.45, 7) is 1.75. The number of benzene rings is 1. The minimum Gasteiger partial charge on any atom is -0.315 e. The second kappa shape index (κ2) is 4.86. The first-order valence-electron chi connectivity index (χ1n) is 5.61. The Balaban J connectivity index is 1.69. The van der Waals surface area contributed by atoms with Crippen molar-refractivity contribution in [2.75, 3.05) is 13.1 Å². The fourth-order valence-corrected chi connectivity index (χ4v) is 1.82. The molecule has 0 saturated heterocycles. The SMILES string of the molecule is N#CC1(CNCCc2ccc(Cl)cc2)CC1. The molecule has 0 amide bonds. The second-order valence-corrected chi connectivity index (χ2v) is 4.88. The summed E-state index contributed by atoms with van der Waals surface area (Å²) in [5.74, 6) is 0. The van der Waals surface area contributed by atoms with E-state index in [-0.39, 0.29) is 5.41 Å². The molecule has 1 fully saturated rings. The average Bonchev–Trinajstić information content (AvgIpc) is 3.08. The van der Waals surface area contributed by atoms with Crippen LogP contribution in [0.4, 0.5) is 0 Å². The number of nitrogens with zero attached hydrogens (tertiary/aromatic N) is 1. The number of hydrogen-bond acceptors (Lipinski definition) is 2. The summed E-state index contributed by atoms with van der Waals surface area (Å²) in [7, 11) is 0. The van der Waals surface area contributed by atoms with Gasteiger partial charge < -0.3 is 5.32 Å². The third-order valence-electron chi connectivity index (χ3n) is 3.06. The highest BCUT2D eigenvalue weighted by Gasteiger charge is 2.42. The van der Waals surface area contributed by atoms with Crippen LogP contribution in [0.1, 0.15) is 18.4 Å². The van der Waals surface area contributed by atoms with E-state index in [1.807, 2.05) is 24.3 Å². The Kier molecular flexibility index (Phi) is 3.48. The number of halogens is 1. The summed E-state index contributed by atoms with van der Waals surface area (Å²) in [6, 6.07) is 10.3. The highest BCUT2D eigenvalue weighted by atomic mass is 35.5. The van der Waals surface area contributed by atoms with E-state index in [9.17, 15) is 0 Å². The Bertz CT molecular complexity index is 387. The van der Waals surface area contributed by atoms with Crippen LogP contribution in [-0.2, 0) is 6.42 Å². The molecule has 0 spiro atoms. The van der Waals surface area contributed by atoms with Gasteiger partial charge in [-0.15, -0.1) is 0 Å². The molecule has 1 aliphatic rings. The first-order chi connectivity index (χ1) is 7.74. The molecule has 0 aliphatic heterocycles. The van der Waals surface area contributed by atoms with Gasteiger partial charge in [0, 0.05) is 11.6 Å². The highest BCUT2D eigenvalue weighted by Crippen LogP contribution is 2.43. The van der Waals surface area contributed by atoms with E-state index in [4.69, 9.17) is 16.9 Å². The average molecular weight is 235 g/mol. The zero-order valence-corrected chi connectivity index (χ0v) is 9.93. The summed E-state index contributed by atoms with van der Waals surface area (Å²) in [5.41, 5.74) is 1.23. The Hall–Kier alpha value is -1.04. The predicted octanol–water partition coefficient (Wildman–Crippen LogP) is 2.78. The minimum atomic E-state index is -0.0417. The first kappa shape index (κ1) is 11.4. The summed E-state index contributed by atoms with van der Waals surface area (Å²) >= 11 is 5.81. The maximum Gasteiger partial charge on any atom is 0.0703 e. The quantitative estimate of drug-likeness (QED) is 0.796. The van der Waals surface area contributed by atoms with Gasteiger partial charge in [0.1, 0.15) is 0 Å². The molecular formula is C13H15ClN2. The fraction of sp³-hybridized carbons (Fsp3) is 0.462. The molecule has 1 aromatic rings.